The van der Waals surface area contributed by atoms with Gasteiger partial charge in [-0.2, -0.15) is 0 Å². The van der Waals surface area contributed by atoms with Crippen molar-refractivity contribution < 1.29 is 9.84 Å². The summed E-state index contributed by atoms with van der Waals surface area (Å²) in [6.07, 6.45) is 1.34. The third-order valence-electron chi connectivity index (χ3n) is 2.93. The summed E-state index contributed by atoms with van der Waals surface area (Å²) in [7, 11) is 0. The van der Waals surface area contributed by atoms with Crippen molar-refractivity contribution in [1.29, 1.82) is 0 Å². The first kappa shape index (κ1) is 10.7. The highest BCUT2D eigenvalue weighted by Crippen LogP contribution is 2.37. The van der Waals surface area contributed by atoms with Gasteiger partial charge in [-0.25, -0.2) is 0 Å². The molecule has 1 aromatic rings. The summed E-state index contributed by atoms with van der Waals surface area (Å²) in [6, 6.07) is 2.03. The van der Waals surface area contributed by atoms with E-state index in [4.69, 9.17) is 4.74 Å². The van der Waals surface area contributed by atoms with E-state index in [1.54, 1.807) is 0 Å². The van der Waals surface area contributed by atoms with Gasteiger partial charge in [-0.05, 0) is 36.8 Å². The van der Waals surface area contributed by atoms with Gasteiger partial charge in [0.1, 0.15) is 0 Å². The number of aliphatic hydroxyl groups is 1. The Labute approximate surface area is 90.5 Å². The molecule has 3 heteroatoms. The van der Waals surface area contributed by atoms with Crippen LogP contribution in [0.25, 0.3) is 0 Å². The monoisotopic (exact) mass is 209 g/mol. The molecule has 1 aromatic heterocycles. The number of aromatic nitrogens is 1. The molecule has 1 unspecified atom stereocenters. The maximum Gasteiger partial charge on any atom is 0.196 e. The minimum Gasteiger partial charge on any atom is -0.363 e. The second kappa shape index (κ2) is 3.65. The highest BCUT2D eigenvalue weighted by atomic mass is 16.6. The molecule has 0 fully saturated rings. The van der Waals surface area contributed by atoms with Crippen molar-refractivity contribution in [1.82, 2.24) is 4.98 Å². The molecule has 3 nitrogen and oxygen atoms in total. The Bertz CT molecular complexity index is 329. The Kier molecular flexibility index (Phi) is 2.61. The summed E-state index contributed by atoms with van der Waals surface area (Å²) >= 11 is 0. The minimum absolute atomic E-state index is 0.357. The van der Waals surface area contributed by atoms with E-state index >= 15 is 0 Å². The molecule has 2 rings (SSSR count). The summed E-state index contributed by atoms with van der Waals surface area (Å²) in [4.78, 5) is 3.26. The van der Waals surface area contributed by atoms with Crippen molar-refractivity contribution in [2.24, 2.45) is 5.41 Å². The lowest BCUT2D eigenvalue weighted by molar-refractivity contribution is -0.100. The molecule has 84 valence electrons. The average molecular weight is 209 g/mol. The van der Waals surface area contributed by atoms with Crippen molar-refractivity contribution in [3.63, 3.8) is 0 Å². The molecule has 0 spiro atoms. The predicted octanol–water partition coefficient (Wildman–Crippen LogP) is 2.17. The van der Waals surface area contributed by atoms with Crippen molar-refractivity contribution in [3.05, 3.63) is 23.0 Å². The Hall–Kier alpha value is -0.800. The third-order valence-corrected chi connectivity index (χ3v) is 2.93. The Morgan fingerprint density at radius 1 is 1.53 bits per heavy atom. The van der Waals surface area contributed by atoms with E-state index in [2.05, 4.69) is 18.8 Å². The summed E-state index contributed by atoms with van der Waals surface area (Å²) in [5.74, 6) is 0. The number of H-pyrrole nitrogens is 1. The van der Waals surface area contributed by atoms with Crippen molar-refractivity contribution in [2.45, 2.75) is 39.9 Å². The Morgan fingerprint density at radius 3 is 2.87 bits per heavy atom. The summed E-state index contributed by atoms with van der Waals surface area (Å²) in [6.45, 7) is 6.93. The number of rotatable bonds is 3. The van der Waals surface area contributed by atoms with Crippen LogP contribution in [0.3, 0.4) is 0 Å². The third kappa shape index (κ3) is 2.08. The summed E-state index contributed by atoms with van der Waals surface area (Å²) in [5.41, 5.74) is 3.73. The SMILES string of the molecule is CCOC(O)c1cc2c([nH]1)CC(C)(C)C2. The smallest absolute Gasteiger partial charge is 0.196 e. The first-order valence-electron chi connectivity index (χ1n) is 5.52. The van der Waals surface area contributed by atoms with Crippen molar-refractivity contribution in [3.8, 4) is 0 Å². The molecule has 0 aliphatic heterocycles. The normalized spacial score (nSPS) is 20.3. The van der Waals surface area contributed by atoms with E-state index in [9.17, 15) is 5.11 Å². The molecule has 0 amide bonds. The standard InChI is InChI=1S/C12H19NO2/c1-4-15-11(14)9-5-8-6-12(2,3)7-10(8)13-9/h5,11,13-14H,4,6-7H2,1-3H3. The molecule has 0 bridgehead atoms. The number of nitrogens with one attached hydrogen (secondary N) is 1. The van der Waals surface area contributed by atoms with Crippen LogP contribution in [-0.2, 0) is 17.6 Å². The lowest BCUT2D eigenvalue weighted by atomic mass is 9.90. The number of fused-ring (bicyclic) bond motifs is 1. The zero-order chi connectivity index (χ0) is 11.1. The van der Waals surface area contributed by atoms with Crippen LogP contribution in [0, 0.1) is 5.41 Å². The van der Waals surface area contributed by atoms with Crippen LogP contribution in [-0.4, -0.2) is 16.7 Å². The molecule has 0 radical (unpaired) electrons. The van der Waals surface area contributed by atoms with Gasteiger partial charge in [0.15, 0.2) is 6.29 Å². The Morgan fingerprint density at radius 2 is 2.27 bits per heavy atom. The van der Waals surface area contributed by atoms with E-state index in [1.807, 2.05) is 13.0 Å². The van der Waals surface area contributed by atoms with Gasteiger partial charge in [0.05, 0.1) is 5.69 Å². The largest absolute Gasteiger partial charge is 0.363 e. The number of ether oxygens (including phenoxy) is 1. The predicted molar refractivity (Wildman–Crippen MR) is 58.6 cm³/mol. The van der Waals surface area contributed by atoms with Crippen molar-refractivity contribution >= 4 is 0 Å². The molecule has 2 N–H and O–H groups in total. The molecule has 0 aromatic carbocycles. The van der Waals surface area contributed by atoms with E-state index in [0.29, 0.717) is 12.0 Å². The average Bonchev–Trinajstić information content (AvgIpc) is 2.57. The molecule has 1 aliphatic rings. The fourth-order valence-electron chi connectivity index (χ4n) is 2.32. The Balaban J connectivity index is 2.14. The molecule has 15 heavy (non-hydrogen) atoms. The van der Waals surface area contributed by atoms with E-state index in [1.165, 1.54) is 11.3 Å². The molecule has 0 saturated carbocycles. The molecular weight excluding hydrogens is 190 g/mol. The molecule has 1 aliphatic carbocycles. The first-order valence-corrected chi connectivity index (χ1v) is 5.52. The van der Waals surface area contributed by atoms with Gasteiger partial charge < -0.3 is 14.8 Å². The zero-order valence-corrected chi connectivity index (χ0v) is 9.63. The quantitative estimate of drug-likeness (QED) is 0.749. The van der Waals surface area contributed by atoms with Gasteiger partial charge in [-0.15, -0.1) is 0 Å². The number of aromatic amines is 1. The maximum atomic E-state index is 9.65. The van der Waals surface area contributed by atoms with Gasteiger partial charge in [0.2, 0.25) is 0 Å². The lowest BCUT2D eigenvalue weighted by Gasteiger charge is -2.16. The number of hydrogen-bond acceptors (Lipinski definition) is 2. The van der Waals surface area contributed by atoms with Gasteiger partial charge in [-0.3, -0.25) is 0 Å². The molecule has 1 heterocycles. The first-order chi connectivity index (χ1) is 7.02. The van der Waals surface area contributed by atoms with E-state index in [0.717, 1.165) is 18.5 Å². The second-order valence-corrected chi connectivity index (χ2v) is 5.05. The number of aliphatic hydroxyl groups excluding tert-OH is 1. The molecule has 1 atom stereocenters. The fraction of sp³-hybridized carbons (Fsp3) is 0.667. The maximum absolute atomic E-state index is 9.65. The van der Waals surface area contributed by atoms with Crippen molar-refractivity contribution in [2.75, 3.05) is 6.61 Å². The fourth-order valence-corrected chi connectivity index (χ4v) is 2.32. The lowest BCUT2D eigenvalue weighted by Crippen LogP contribution is -2.11. The van der Waals surface area contributed by atoms with Gasteiger partial charge in [0.25, 0.3) is 0 Å². The summed E-state index contributed by atoms with van der Waals surface area (Å²) in [5, 5.41) is 9.65. The number of hydrogen-bond donors (Lipinski definition) is 2. The zero-order valence-electron chi connectivity index (χ0n) is 9.63. The minimum atomic E-state index is -0.802. The van der Waals surface area contributed by atoms with Crippen LogP contribution in [0.1, 0.15) is 44.0 Å². The van der Waals surface area contributed by atoms with E-state index in [-0.39, 0.29) is 0 Å². The van der Waals surface area contributed by atoms with Crippen LogP contribution in [0.2, 0.25) is 0 Å². The van der Waals surface area contributed by atoms with E-state index < -0.39 is 6.29 Å². The summed E-state index contributed by atoms with van der Waals surface area (Å²) < 4.78 is 5.14. The van der Waals surface area contributed by atoms with Gasteiger partial charge in [-0.1, -0.05) is 13.8 Å². The highest BCUT2D eigenvalue weighted by molar-refractivity contribution is 5.32. The van der Waals surface area contributed by atoms with Gasteiger partial charge in [0, 0.05) is 12.3 Å². The molecular formula is C12H19NO2. The van der Waals surface area contributed by atoms with Crippen LogP contribution < -0.4 is 0 Å². The van der Waals surface area contributed by atoms with Crippen LogP contribution in [0.5, 0.6) is 0 Å². The molecule has 0 saturated heterocycles. The van der Waals surface area contributed by atoms with Crippen LogP contribution in [0.4, 0.5) is 0 Å². The van der Waals surface area contributed by atoms with Crippen LogP contribution >= 0.6 is 0 Å². The highest BCUT2D eigenvalue weighted by Gasteiger charge is 2.30. The topological polar surface area (TPSA) is 45.2 Å². The second-order valence-electron chi connectivity index (χ2n) is 5.05. The van der Waals surface area contributed by atoms with Gasteiger partial charge >= 0.3 is 0 Å². The van der Waals surface area contributed by atoms with Crippen LogP contribution in [0.15, 0.2) is 6.07 Å².